The SMILES string of the molecule is C=C(C)C(=O)OCCCc1cc(C2=CC=C(CCc3ccc(CCCCC)cc3)CC2CC)cc(CCCOC(=O)C(=C)C)c1OCCC(CO)(CO)CCC(C)(C)C. The van der Waals surface area contributed by atoms with Crippen LogP contribution in [0.3, 0.4) is 0 Å². The molecule has 3 rings (SSSR count). The van der Waals surface area contributed by atoms with E-state index in [1.165, 1.54) is 41.5 Å². The predicted molar refractivity (Wildman–Crippen MR) is 242 cm³/mol. The van der Waals surface area contributed by atoms with E-state index in [4.69, 9.17) is 14.2 Å². The van der Waals surface area contributed by atoms with Crippen molar-refractivity contribution in [3.63, 3.8) is 0 Å². The van der Waals surface area contributed by atoms with Gasteiger partial charge in [0.1, 0.15) is 5.75 Å². The number of hydrogen-bond donors (Lipinski definition) is 2. The fourth-order valence-electron chi connectivity index (χ4n) is 7.56. The Bertz CT molecular complexity index is 1660. The number of aliphatic hydroxyl groups is 2. The first-order chi connectivity index (χ1) is 28.1. The van der Waals surface area contributed by atoms with Crippen LogP contribution in [0.15, 0.2) is 78.4 Å². The van der Waals surface area contributed by atoms with Gasteiger partial charge in [-0.2, -0.15) is 0 Å². The van der Waals surface area contributed by atoms with Crippen LogP contribution in [0.2, 0.25) is 0 Å². The molecule has 0 saturated carbocycles. The van der Waals surface area contributed by atoms with Crippen LogP contribution in [0.1, 0.15) is 147 Å². The van der Waals surface area contributed by atoms with Crippen LogP contribution >= 0.6 is 0 Å². The number of rotatable bonds is 27. The van der Waals surface area contributed by atoms with Gasteiger partial charge in [-0.25, -0.2) is 9.59 Å². The summed E-state index contributed by atoms with van der Waals surface area (Å²) in [4.78, 5) is 24.4. The number of carbonyl (C=O) groups is 2. The van der Waals surface area contributed by atoms with Gasteiger partial charge in [-0.15, -0.1) is 0 Å². The van der Waals surface area contributed by atoms with Gasteiger partial charge in [0, 0.05) is 16.6 Å². The molecule has 2 aromatic rings. The lowest BCUT2D eigenvalue weighted by Gasteiger charge is -2.33. The van der Waals surface area contributed by atoms with E-state index in [2.05, 4.69) is 96.3 Å². The third-order valence-corrected chi connectivity index (χ3v) is 11.6. The summed E-state index contributed by atoms with van der Waals surface area (Å²) in [5.41, 5.74) is 8.87. The summed E-state index contributed by atoms with van der Waals surface area (Å²) in [6, 6.07) is 13.7. The van der Waals surface area contributed by atoms with Crippen molar-refractivity contribution in [3.8, 4) is 5.75 Å². The lowest BCUT2D eigenvalue weighted by atomic mass is 9.76. The Morgan fingerprint density at radius 1 is 0.712 bits per heavy atom. The summed E-state index contributed by atoms with van der Waals surface area (Å²) in [6.45, 7) is 22.3. The molecule has 0 spiro atoms. The zero-order valence-electron chi connectivity index (χ0n) is 37.7. The molecule has 2 aromatic carbocycles. The highest BCUT2D eigenvalue weighted by Crippen LogP contribution is 2.40. The van der Waals surface area contributed by atoms with Crippen LogP contribution in [0.4, 0.5) is 0 Å². The first-order valence-corrected chi connectivity index (χ1v) is 22.3. The van der Waals surface area contributed by atoms with Crippen molar-refractivity contribution < 1.29 is 34.0 Å². The molecular weight excluding hydrogens is 737 g/mol. The van der Waals surface area contributed by atoms with Gasteiger partial charge in [-0.05, 0) is 154 Å². The van der Waals surface area contributed by atoms with Crippen LogP contribution in [0.25, 0.3) is 5.57 Å². The summed E-state index contributed by atoms with van der Waals surface area (Å²) in [5, 5.41) is 21.0. The van der Waals surface area contributed by atoms with Crippen LogP contribution in [-0.2, 0) is 44.7 Å². The standard InChI is InChI=1S/C52H76O7/c1-10-12-13-16-40-19-21-41(22-20-40)23-24-42-25-26-47(43(11-2)33-42)46-34-44(17-14-30-58-49(55)38(3)4)48(45(35-46)18-15-31-59-50(56)39(5)6)57-32-29-52(36-53,37-54)28-27-51(7,8)9/h19-22,25-26,34-35,43,53-54H,3,5,10-18,23-24,27-33,36-37H2,1-2,4,6-9H3. The summed E-state index contributed by atoms with van der Waals surface area (Å²) in [7, 11) is 0. The highest BCUT2D eigenvalue weighted by Gasteiger charge is 2.31. The minimum atomic E-state index is -0.663. The Balaban J connectivity index is 1.96. The number of benzene rings is 2. The molecular formula is C52H76O7. The smallest absolute Gasteiger partial charge is 0.333 e. The van der Waals surface area contributed by atoms with E-state index in [1.54, 1.807) is 13.8 Å². The number of allylic oxidation sites excluding steroid dienone is 4. The summed E-state index contributed by atoms with van der Waals surface area (Å²) >= 11 is 0. The average Bonchev–Trinajstić information content (AvgIpc) is 3.21. The molecule has 0 saturated heterocycles. The molecule has 0 aromatic heterocycles. The molecule has 326 valence electrons. The second kappa shape index (κ2) is 25.0. The maximum atomic E-state index is 12.2. The molecule has 1 atom stereocenters. The van der Waals surface area contributed by atoms with E-state index < -0.39 is 17.4 Å². The Hall–Kier alpha value is -3.94. The van der Waals surface area contributed by atoms with Crippen LogP contribution in [0, 0.1) is 16.7 Å². The topological polar surface area (TPSA) is 102 Å². The molecule has 0 fully saturated rings. The second-order valence-electron chi connectivity index (χ2n) is 18.2. The molecule has 1 aliphatic rings. The third-order valence-electron chi connectivity index (χ3n) is 11.6. The predicted octanol–water partition coefficient (Wildman–Crippen LogP) is 11.5. The van der Waals surface area contributed by atoms with Crippen molar-refractivity contribution in [1.29, 1.82) is 0 Å². The number of hydrogen-bond acceptors (Lipinski definition) is 7. The normalized spacial score (nSPS) is 14.4. The highest BCUT2D eigenvalue weighted by atomic mass is 16.5. The van der Waals surface area contributed by atoms with Gasteiger partial charge in [0.25, 0.3) is 0 Å². The van der Waals surface area contributed by atoms with Crippen molar-refractivity contribution in [3.05, 3.63) is 106 Å². The maximum absolute atomic E-state index is 12.2. The number of esters is 2. The molecule has 7 nitrogen and oxygen atoms in total. The van der Waals surface area contributed by atoms with Gasteiger partial charge in [0.05, 0.1) is 33.0 Å². The lowest BCUT2D eigenvalue weighted by molar-refractivity contribution is -0.139. The van der Waals surface area contributed by atoms with Crippen LogP contribution in [0.5, 0.6) is 5.75 Å². The first kappa shape index (κ1) is 49.4. The summed E-state index contributed by atoms with van der Waals surface area (Å²) in [5.74, 6) is 0.317. The van der Waals surface area contributed by atoms with E-state index >= 15 is 0 Å². The van der Waals surface area contributed by atoms with E-state index in [0.717, 1.165) is 61.0 Å². The second-order valence-corrected chi connectivity index (χ2v) is 18.2. The Morgan fingerprint density at radius 2 is 1.27 bits per heavy atom. The van der Waals surface area contributed by atoms with Crippen LogP contribution < -0.4 is 4.74 Å². The molecule has 2 N–H and O–H groups in total. The number of aryl methyl sites for hydroxylation is 4. The molecule has 0 heterocycles. The van der Waals surface area contributed by atoms with Crippen molar-refractivity contribution in [2.75, 3.05) is 33.0 Å². The summed E-state index contributed by atoms with van der Waals surface area (Å²) in [6.07, 6.45) is 18.1. The number of unbranched alkanes of at least 4 members (excludes halogenated alkanes) is 2. The Kier molecular flexibility index (Phi) is 20.9. The van der Waals surface area contributed by atoms with E-state index in [-0.39, 0.29) is 31.8 Å². The van der Waals surface area contributed by atoms with Gasteiger partial charge in [-0.3, -0.25) is 0 Å². The van der Waals surface area contributed by atoms with Crippen molar-refractivity contribution in [2.45, 2.75) is 145 Å². The Labute approximate surface area is 357 Å². The van der Waals surface area contributed by atoms with Crippen molar-refractivity contribution in [1.82, 2.24) is 0 Å². The molecule has 0 aliphatic heterocycles. The number of carbonyl (C=O) groups excluding carboxylic acids is 2. The first-order valence-electron chi connectivity index (χ1n) is 22.3. The molecule has 59 heavy (non-hydrogen) atoms. The third kappa shape index (κ3) is 16.9. The van der Waals surface area contributed by atoms with E-state index in [1.807, 2.05) is 0 Å². The molecule has 1 unspecified atom stereocenters. The summed E-state index contributed by atoms with van der Waals surface area (Å²) < 4.78 is 17.7. The number of aliphatic hydroxyl groups excluding tert-OH is 2. The Morgan fingerprint density at radius 3 is 1.76 bits per heavy atom. The molecule has 0 amide bonds. The van der Waals surface area contributed by atoms with E-state index in [9.17, 15) is 19.8 Å². The van der Waals surface area contributed by atoms with E-state index in [0.29, 0.717) is 62.2 Å². The number of ether oxygens (including phenoxy) is 3. The molecule has 0 bridgehead atoms. The fourth-order valence-corrected chi connectivity index (χ4v) is 7.56. The van der Waals surface area contributed by atoms with Crippen LogP contribution in [-0.4, -0.2) is 55.2 Å². The minimum Gasteiger partial charge on any atom is -0.493 e. The van der Waals surface area contributed by atoms with Crippen molar-refractivity contribution >= 4 is 17.5 Å². The highest BCUT2D eigenvalue weighted by molar-refractivity contribution is 5.87. The average molecular weight is 813 g/mol. The lowest BCUT2D eigenvalue weighted by Crippen LogP contribution is -2.33. The largest absolute Gasteiger partial charge is 0.493 e. The van der Waals surface area contributed by atoms with Gasteiger partial charge in [0.2, 0.25) is 0 Å². The molecule has 7 heteroatoms. The van der Waals surface area contributed by atoms with Gasteiger partial charge in [-0.1, -0.05) is 103 Å². The van der Waals surface area contributed by atoms with Gasteiger partial charge in [0.15, 0.2) is 0 Å². The quantitative estimate of drug-likeness (QED) is 0.0526. The van der Waals surface area contributed by atoms with Crippen molar-refractivity contribution in [2.24, 2.45) is 16.7 Å². The zero-order chi connectivity index (χ0) is 43.4. The van der Waals surface area contributed by atoms with Gasteiger partial charge >= 0.3 is 11.9 Å². The zero-order valence-corrected chi connectivity index (χ0v) is 37.7. The van der Waals surface area contributed by atoms with Gasteiger partial charge < -0.3 is 24.4 Å². The monoisotopic (exact) mass is 813 g/mol. The maximum Gasteiger partial charge on any atom is 0.333 e. The minimum absolute atomic E-state index is 0.0631. The molecule has 1 aliphatic carbocycles. The fraction of sp³-hybridized carbons (Fsp3) is 0.577. The molecule has 0 radical (unpaired) electrons.